The number of halogens is 1. The Balaban J connectivity index is 2.82. The third kappa shape index (κ3) is 1.70. The minimum absolute atomic E-state index is 1.13. The molecule has 0 radical (unpaired) electrons. The first-order chi connectivity index (χ1) is 6.77. The first kappa shape index (κ1) is 10.8. The lowest BCUT2D eigenvalue weighted by molar-refractivity contribution is 1.10. The fourth-order valence-electron chi connectivity index (χ4n) is 1.67. The van der Waals surface area contributed by atoms with Gasteiger partial charge in [-0.2, -0.15) is 0 Å². The highest BCUT2D eigenvalue weighted by molar-refractivity contribution is 14.1. The quantitative estimate of drug-likeness (QED) is 0.562. The van der Waals surface area contributed by atoms with Gasteiger partial charge in [-0.1, -0.05) is 6.92 Å². The lowest BCUT2D eigenvalue weighted by atomic mass is 10.1. The highest BCUT2D eigenvalue weighted by atomic mass is 127. The largest absolute Gasteiger partial charge is 0.143 e. The van der Waals surface area contributed by atoms with Gasteiger partial charge in [-0.05, 0) is 63.7 Å². The number of aryl methyl sites for hydroxylation is 1. The Hall–Kier alpha value is 0.260. The van der Waals surface area contributed by atoms with Crippen molar-refractivity contribution in [1.29, 1.82) is 0 Å². The minimum Gasteiger partial charge on any atom is -0.143 e. The first-order valence-electron chi connectivity index (χ1n) is 4.50. The Morgan fingerprint density at radius 3 is 2.93 bits per heavy atom. The molecular weight excluding hydrogens is 323 g/mol. The Morgan fingerprint density at radius 2 is 2.29 bits per heavy atom. The SMILES string of the molecule is CCc1c(SC)c(I)cc2ccsc12. The van der Waals surface area contributed by atoms with Crippen molar-refractivity contribution in [3.8, 4) is 0 Å². The van der Waals surface area contributed by atoms with E-state index in [0.717, 1.165) is 6.42 Å². The van der Waals surface area contributed by atoms with Crippen molar-refractivity contribution in [3.63, 3.8) is 0 Å². The molecule has 0 spiro atoms. The molecule has 0 fully saturated rings. The van der Waals surface area contributed by atoms with E-state index in [1.54, 1.807) is 0 Å². The average Bonchev–Trinajstić information content (AvgIpc) is 2.62. The molecule has 2 rings (SSSR count). The molecule has 74 valence electrons. The summed E-state index contributed by atoms with van der Waals surface area (Å²) in [7, 11) is 0. The molecule has 0 amide bonds. The van der Waals surface area contributed by atoms with Crippen LogP contribution in [0.25, 0.3) is 10.1 Å². The standard InChI is InChI=1S/C11H11IS2/c1-3-8-10-7(4-5-14-10)6-9(12)11(8)13-2/h4-6H,3H2,1-2H3. The molecule has 0 unspecified atom stereocenters. The molecule has 0 saturated heterocycles. The number of thioether (sulfide) groups is 1. The van der Waals surface area contributed by atoms with Crippen molar-refractivity contribution in [1.82, 2.24) is 0 Å². The second-order valence-corrected chi connectivity index (χ2v) is 5.96. The van der Waals surface area contributed by atoms with E-state index in [4.69, 9.17) is 0 Å². The predicted octanol–water partition coefficient (Wildman–Crippen LogP) is 4.79. The molecule has 0 atom stereocenters. The van der Waals surface area contributed by atoms with Crippen LogP contribution in [-0.4, -0.2) is 6.26 Å². The van der Waals surface area contributed by atoms with Crippen molar-refractivity contribution in [2.75, 3.05) is 6.26 Å². The van der Waals surface area contributed by atoms with Gasteiger partial charge in [-0.25, -0.2) is 0 Å². The highest BCUT2D eigenvalue weighted by Crippen LogP contribution is 2.36. The van der Waals surface area contributed by atoms with E-state index < -0.39 is 0 Å². The molecule has 0 bridgehead atoms. The zero-order valence-electron chi connectivity index (χ0n) is 8.13. The molecule has 14 heavy (non-hydrogen) atoms. The van der Waals surface area contributed by atoms with Crippen molar-refractivity contribution >= 4 is 55.8 Å². The molecular formula is C11H11IS2. The summed E-state index contributed by atoms with van der Waals surface area (Å²) in [6.45, 7) is 2.24. The molecule has 0 nitrogen and oxygen atoms in total. The smallest absolute Gasteiger partial charge is 0.0386 e. The molecule has 1 aromatic heterocycles. The predicted molar refractivity (Wildman–Crippen MR) is 75.7 cm³/mol. The summed E-state index contributed by atoms with van der Waals surface area (Å²) < 4.78 is 2.86. The molecule has 0 aliphatic heterocycles. The van der Waals surface area contributed by atoms with Gasteiger partial charge in [-0.15, -0.1) is 23.1 Å². The third-order valence-electron chi connectivity index (χ3n) is 2.30. The fourth-order valence-corrected chi connectivity index (χ4v) is 4.80. The monoisotopic (exact) mass is 334 g/mol. The van der Waals surface area contributed by atoms with Crippen LogP contribution >= 0.6 is 45.7 Å². The highest BCUT2D eigenvalue weighted by Gasteiger charge is 2.10. The van der Waals surface area contributed by atoms with Gasteiger partial charge >= 0.3 is 0 Å². The molecule has 3 heteroatoms. The van der Waals surface area contributed by atoms with Crippen LogP contribution in [0.3, 0.4) is 0 Å². The van der Waals surface area contributed by atoms with E-state index in [1.807, 2.05) is 23.1 Å². The summed E-state index contributed by atoms with van der Waals surface area (Å²) in [5.74, 6) is 0. The summed E-state index contributed by atoms with van der Waals surface area (Å²) in [4.78, 5) is 1.46. The lowest BCUT2D eigenvalue weighted by Gasteiger charge is -2.09. The first-order valence-corrected chi connectivity index (χ1v) is 7.68. The molecule has 2 aromatic rings. The molecule has 0 aliphatic rings. The summed E-state index contributed by atoms with van der Waals surface area (Å²) in [6, 6.07) is 4.50. The van der Waals surface area contributed by atoms with Gasteiger partial charge in [0.15, 0.2) is 0 Å². The van der Waals surface area contributed by atoms with Gasteiger partial charge in [-0.3, -0.25) is 0 Å². The lowest BCUT2D eigenvalue weighted by Crippen LogP contribution is -1.89. The molecule has 0 N–H and O–H groups in total. The third-order valence-corrected chi connectivity index (χ3v) is 5.38. The maximum Gasteiger partial charge on any atom is 0.0386 e. The van der Waals surface area contributed by atoms with Crippen molar-refractivity contribution in [3.05, 3.63) is 26.6 Å². The molecule has 1 aromatic carbocycles. The summed E-state index contributed by atoms with van der Waals surface area (Å²) in [5.41, 5.74) is 1.52. The Kier molecular flexibility index (Phi) is 3.39. The Labute approximate surface area is 106 Å². The van der Waals surface area contributed by atoms with Crippen molar-refractivity contribution < 1.29 is 0 Å². The van der Waals surface area contributed by atoms with Gasteiger partial charge in [0.25, 0.3) is 0 Å². The zero-order chi connectivity index (χ0) is 10.1. The molecule has 0 saturated carbocycles. The number of hydrogen-bond donors (Lipinski definition) is 0. The van der Waals surface area contributed by atoms with Gasteiger partial charge in [0.05, 0.1) is 0 Å². The van der Waals surface area contributed by atoms with Crippen LogP contribution in [0, 0.1) is 3.57 Å². The van der Waals surface area contributed by atoms with E-state index in [2.05, 4.69) is 53.3 Å². The van der Waals surface area contributed by atoms with Gasteiger partial charge in [0, 0.05) is 13.2 Å². The van der Waals surface area contributed by atoms with Crippen molar-refractivity contribution in [2.45, 2.75) is 18.2 Å². The van der Waals surface area contributed by atoms with Crippen LogP contribution < -0.4 is 0 Å². The van der Waals surface area contributed by atoms with E-state index in [0.29, 0.717) is 0 Å². The topological polar surface area (TPSA) is 0 Å². The van der Waals surface area contributed by atoms with Gasteiger partial charge < -0.3 is 0 Å². The number of thiophene rings is 1. The fraction of sp³-hybridized carbons (Fsp3) is 0.273. The van der Waals surface area contributed by atoms with Crippen LogP contribution in [0.2, 0.25) is 0 Å². The molecule has 0 aliphatic carbocycles. The Bertz CT molecular complexity index is 460. The van der Waals surface area contributed by atoms with Gasteiger partial charge in [0.2, 0.25) is 0 Å². The number of fused-ring (bicyclic) bond motifs is 1. The summed E-state index contributed by atoms with van der Waals surface area (Å²) in [5, 5.41) is 3.58. The van der Waals surface area contributed by atoms with Crippen LogP contribution in [0.4, 0.5) is 0 Å². The van der Waals surface area contributed by atoms with Gasteiger partial charge in [0.1, 0.15) is 0 Å². The van der Waals surface area contributed by atoms with E-state index in [9.17, 15) is 0 Å². The minimum atomic E-state index is 1.13. The Morgan fingerprint density at radius 1 is 1.50 bits per heavy atom. The van der Waals surface area contributed by atoms with Crippen molar-refractivity contribution in [2.24, 2.45) is 0 Å². The van der Waals surface area contributed by atoms with Crippen LogP contribution in [0.1, 0.15) is 12.5 Å². The second kappa shape index (κ2) is 4.41. The van der Waals surface area contributed by atoms with E-state index >= 15 is 0 Å². The summed E-state index contributed by atoms with van der Waals surface area (Å²) in [6.07, 6.45) is 3.29. The van der Waals surface area contributed by atoms with Crippen LogP contribution in [0.5, 0.6) is 0 Å². The zero-order valence-corrected chi connectivity index (χ0v) is 11.9. The van der Waals surface area contributed by atoms with Crippen LogP contribution in [0.15, 0.2) is 22.4 Å². The van der Waals surface area contributed by atoms with Crippen LogP contribution in [-0.2, 0) is 6.42 Å². The second-order valence-electron chi connectivity index (χ2n) is 3.06. The average molecular weight is 334 g/mol. The van der Waals surface area contributed by atoms with E-state index in [-0.39, 0.29) is 0 Å². The number of hydrogen-bond acceptors (Lipinski definition) is 2. The van der Waals surface area contributed by atoms with E-state index in [1.165, 1.54) is 24.1 Å². The normalized spacial score (nSPS) is 11.1. The summed E-state index contributed by atoms with van der Waals surface area (Å²) >= 11 is 6.16. The number of rotatable bonds is 2. The maximum absolute atomic E-state index is 2.44. The molecule has 1 heterocycles. The number of benzene rings is 1. The maximum atomic E-state index is 2.44.